The molecule has 0 saturated carbocycles. The number of nitrogens with one attached hydrogen (secondary N) is 2. The predicted molar refractivity (Wildman–Crippen MR) is 141 cm³/mol. The zero-order valence-electron chi connectivity index (χ0n) is 19.8. The smallest absolute Gasteiger partial charge is 0.251 e. The van der Waals surface area contributed by atoms with Crippen LogP contribution in [0.5, 0.6) is 5.75 Å². The van der Waals surface area contributed by atoms with Crippen LogP contribution in [0, 0.1) is 5.82 Å². The van der Waals surface area contributed by atoms with E-state index >= 15 is 0 Å². The summed E-state index contributed by atoms with van der Waals surface area (Å²) < 4.78 is 14.9. The van der Waals surface area contributed by atoms with Gasteiger partial charge in [0.1, 0.15) is 23.1 Å². The number of phenols is 1. The zero-order chi connectivity index (χ0) is 25.6. The van der Waals surface area contributed by atoms with Crippen molar-refractivity contribution in [1.82, 2.24) is 20.1 Å². The molecule has 184 valence electrons. The number of phenolic OH excluding ortho intramolecular Hbond substituents is 1. The number of halogens is 1. The van der Waals surface area contributed by atoms with Gasteiger partial charge in [-0.25, -0.2) is 14.1 Å². The Morgan fingerprint density at radius 3 is 2.49 bits per heavy atom. The Kier molecular flexibility index (Phi) is 6.89. The van der Waals surface area contributed by atoms with E-state index in [0.717, 1.165) is 28.1 Å². The number of nitrogens with zero attached hydrogens (tertiary/aromatic N) is 3. The molecule has 8 heteroatoms. The summed E-state index contributed by atoms with van der Waals surface area (Å²) in [6.07, 6.45) is 3.66. The van der Waals surface area contributed by atoms with Gasteiger partial charge in [-0.2, -0.15) is 5.10 Å². The monoisotopic (exact) mass is 493 g/mol. The fourth-order valence-corrected chi connectivity index (χ4v) is 3.93. The van der Waals surface area contributed by atoms with Crippen LogP contribution in [0.4, 0.5) is 10.2 Å². The molecule has 2 aromatic heterocycles. The minimum atomic E-state index is -0.384. The molecular weight excluding hydrogens is 469 g/mol. The van der Waals surface area contributed by atoms with Gasteiger partial charge in [0.2, 0.25) is 0 Å². The molecule has 0 spiro atoms. The van der Waals surface area contributed by atoms with E-state index in [1.807, 2.05) is 59.4 Å². The lowest BCUT2D eigenvalue weighted by Gasteiger charge is -2.09. The highest BCUT2D eigenvalue weighted by atomic mass is 19.1. The summed E-state index contributed by atoms with van der Waals surface area (Å²) in [5.41, 5.74) is 4.61. The molecule has 0 saturated heterocycles. The number of rotatable bonds is 8. The second-order valence-electron chi connectivity index (χ2n) is 8.34. The van der Waals surface area contributed by atoms with Gasteiger partial charge in [-0.15, -0.1) is 0 Å². The third-order valence-electron chi connectivity index (χ3n) is 5.75. The van der Waals surface area contributed by atoms with Crippen LogP contribution in [0.3, 0.4) is 0 Å². The van der Waals surface area contributed by atoms with Crippen molar-refractivity contribution in [3.8, 4) is 33.8 Å². The Bertz CT molecular complexity index is 1520. The Hall–Kier alpha value is -4.98. The SMILES string of the molecule is O=C(NCCNc1cc(-c2cn(-c3ccccc3)nc2-c2cccc(O)c2)ccn1)c1ccc(F)cc1. The lowest BCUT2D eigenvalue weighted by Crippen LogP contribution is -2.28. The van der Waals surface area contributed by atoms with E-state index in [4.69, 9.17) is 5.10 Å². The molecule has 0 fully saturated rings. The quantitative estimate of drug-likeness (QED) is 0.256. The van der Waals surface area contributed by atoms with Gasteiger partial charge in [0.25, 0.3) is 5.91 Å². The van der Waals surface area contributed by atoms with Crippen LogP contribution in [0.2, 0.25) is 0 Å². The summed E-state index contributed by atoms with van der Waals surface area (Å²) >= 11 is 0. The highest BCUT2D eigenvalue weighted by Crippen LogP contribution is 2.34. The standard InChI is InChI=1S/C29H24FN5O2/c30-23-11-9-20(10-12-23)29(37)33-16-15-32-27-18-21(13-14-31-27)26-19-35(24-6-2-1-3-7-24)34-28(26)22-5-4-8-25(36)17-22/h1-14,17-19,36H,15-16H2,(H,31,32)(H,33,37). The average Bonchev–Trinajstić information content (AvgIpc) is 3.38. The predicted octanol–water partition coefficient (Wildman–Crippen LogP) is 5.29. The number of aromatic nitrogens is 3. The van der Waals surface area contributed by atoms with Gasteiger partial charge in [-0.05, 0) is 66.2 Å². The summed E-state index contributed by atoms with van der Waals surface area (Å²) in [4.78, 5) is 16.6. The third-order valence-corrected chi connectivity index (χ3v) is 5.75. The summed E-state index contributed by atoms with van der Waals surface area (Å²) in [5.74, 6) is 0.152. The number of hydrogen-bond donors (Lipinski definition) is 3. The molecule has 1 amide bonds. The second kappa shape index (κ2) is 10.7. The summed E-state index contributed by atoms with van der Waals surface area (Å²) in [7, 11) is 0. The van der Waals surface area contributed by atoms with Crippen molar-refractivity contribution in [2.75, 3.05) is 18.4 Å². The topological polar surface area (TPSA) is 92.1 Å². The van der Waals surface area contributed by atoms with Crippen molar-refractivity contribution in [3.05, 3.63) is 115 Å². The van der Waals surface area contributed by atoms with E-state index in [9.17, 15) is 14.3 Å². The lowest BCUT2D eigenvalue weighted by molar-refractivity contribution is 0.0955. The van der Waals surface area contributed by atoms with Crippen LogP contribution in [0.25, 0.3) is 28.1 Å². The van der Waals surface area contributed by atoms with Gasteiger partial charge in [0.15, 0.2) is 0 Å². The molecule has 7 nitrogen and oxygen atoms in total. The minimum Gasteiger partial charge on any atom is -0.508 e. The van der Waals surface area contributed by atoms with Crippen molar-refractivity contribution in [1.29, 1.82) is 0 Å². The van der Waals surface area contributed by atoms with Crippen molar-refractivity contribution < 1.29 is 14.3 Å². The Morgan fingerprint density at radius 1 is 0.892 bits per heavy atom. The number of pyridine rings is 1. The van der Waals surface area contributed by atoms with Crippen LogP contribution in [0.15, 0.2) is 103 Å². The zero-order valence-corrected chi connectivity index (χ0v) is 19.8. The van der Waals surface area contributed by atoms with E-state index < -0.39 is 0 Å². The van der Waals surface area contributed by atoms with Gasteiger partial charge in [-0.3, -0.25) is 4.79 Å². The van der Waals surface area contributed by atoms with Crippen LogP contribution >= 0.6 is 0 Å². The fourth-order valence-electron chi connectivity index (χ4n) is 3.93. The molecule has 0 unspecified atom stereocenters. The normalized spacial score (nSPS) is 10.7. The molecule has 0 bridgehead atoms. The summed E-state index contributed by atoms with van der Waals surface area (Å²) in [6.45, 7) is 0.814. The van der Waals surface area contributed by atoms with Crippen LogP contribution < -0.4 is 10.6 Å². The van der Waals surface area contributed by atoms with E-state index in [-0.39, 0.29) is 17.5 Å². The molecule has 37 heavy (non-hydrogen) atoms. The van der Waals surface area contributed by atoms with Gasteiger partial charge in [0.05, 0.1) is 5.69 Å². The van der Waals surface area contributed by atoms with Gasteiger partial charge in [-0.1, -0.05) is 30.3 Å². The molecule has 0 aliphatic rings. The highest BCUT2D eigenvalue weighted by molar-refractivity contribution is 5.94. The third kappa shape index (κ3) is 5.65. The molecule has 5 aromatic rings. The molecule has 0 atom stereocenters. The van der Waals surface area contributed by atoms with Crippen molar-refractivity contribution in [2.24, 2.45) is 0 Å². The number of carbonyl (C=O) groups is 1. The largest absolute Gasteiger partial charge is 0.508 e. The lowest BCUT2D eigenvalue weighted by atomic mass is 10.0. The van der Waals surface area contributed by atoms with Crippen molar-refractivity contribution >= 4 is 11.7 Å². The number of amides is 1. The van der Waals surface area contributed by atoms with E-state index in [1.165, 1.54) is 24.3 Å². The van der Waals surface area contributed by atoms with Gasteiger partial charge >= 0.3 is 0 Å². The molecule has 0 aliphatic heterocycles. The van der Waals surface area contributed by atoms with Crippen molar-refractivity contribution in [3.63, 3.8) is 0 Å². The molecule has 3 aromatic carbocycles. The Balaban J connectivity index is 1.34. The maximum absolute atomic E-state index is 13.1. The Morgan fingerprint density at radius 2 is 1.70 bits per heavy atom. The number of benzene rings is 3. The number of carbonyl (C=O) groups excluding carboxylic acids is 1. The number of hydrogen-bond acceptors (Lipinski definition) is 5. The summed E-state index contributed by atoms with van der Waals surface area (Å²) in [5, 5.41) is 20.9. The first-order chi connectivity index (χ1) is 18.1. The molecule has 0 radical (unpaired) electrons. The maximum atomic E-state index is 13.1. The maximum Gasteiger partial charge on any atom is 0.251 e. The van der Waals surface area contributed by atoms with Crippen LogP contribution in [0.1, 0.15) is 10.4 Å². The second-order valence-corrected chi connectivity index (χ2v) is 8.34. The molecular formula is C29H24FN5O2. The first kappa shape index (κ1) is 23.7. The van der Waals surface area contributed by atoms with Gasteiger partial charge in [0, 0.05) is 42.2 Å². The van der Waals surface area contributed by atoms with Crippen LogP contribution in [-0.4, -0.2) is 38.9 Å². The minimum absolute atomic E-state index is 0.164. The van der Waals surface area contributed by atoms with Gasteiger partial charge < -0.3 is 15.7 Å². The van der Waals surface area contributed by atoms with Crippen molar-refractivity contribution in [2.45, 2.75) is 0 Å². The molecule has 3 N–H and O–H groups in total. The summed E-state index contributed by atoms with van der Waals surface area (Å²) in [6, 6.07) is 26.0. The van der Waals surface area contributed by atoms with E-state index in [2.05, 4.69) is 15.6 Å². The number of aromatic hydroxyl groups is 1. The first-order valence-corrected chi connectivity index (χ1v) is 11.8. The van der Waals surface area contributed by atoms with E-state index in [1.54, 1.807) is 24.4 Å². The average molecular weight is 494 g/mol. The molecule has 5 rings (SSSR count). The van der Waals surface area contributed by atoms with Crippen LogP contribution in [-0.2, 0) is 0 Å². The Labute approximate surface area is 213 Å². The number of para-hydroxylation sites is 1. The fraction of sp³-hybridized carbons (Fsp3) is 0.0690. The van der Waals surface area contributed by atoms with E-state index in [0.29, 0.717) is 24.5 Å². The number of anilines is 1. The molecule has 0 aliphatic carbocycles. The first-order valence-electron chi connectivity index (χ1n) is 11.8. The highest BCUT2D eigenvalue weighted by Gasteiger charge is 2.15. The molecule has 2 heterocycles.